The number of nitriles is 1. The van der Waals surface area contributed by atoms with Crippen molar-refractivity contribution >= 4 is 11.6 Å². The van der Waals surface area contributed by atoms with Crippen LogP contribution in [0.1, 0.15) is 74.4 Å². The van der Waals surface area contributed by atoms with Gasteiger partial charge in [0.1, 0.15) is 18.1 Å². The van der Waals surface area contributed by atoms with E-state index in [1.165, 1.54) is 6.07 Å². The predicted octanol–water partition coefficient (Wildman–Crippen LogP) is 5.78. The Morgan fingerprint density at radius 2 is 1.90 bits per heavy atom. The number of nitrogens with zero attached hydrogens (tertiary/aromatic N) is 4. The van der Waals surface area contributed by atoms with Gasteiger partial charge in [-0.1, -0.05) is 43.7 Å². The highest BCUT2D eigenvalue weighted by molar-refractivity contribution is 5.71. The second kappa shape index (κ2) is 13.1. The number of esters is 1. The van der Waals surface area contributed by atoms with Crippen LogP contribution in [-0.2, 0) is 27.1 Å². The Labute approximate surface area is 244 Å². The van der Waals surface area contributed by atoms with Crippen LogP contribution in [-0.4, -0.2) is 39.5 Å². The minimum absolute atomic E-state index is 0.0664. The van der Waals surface area contributed by atoms with Gasteiger partial charge in [0.05, 0.1) is 36.2 Å². The topological polar surface area (TPSA) is 98.6 Å². The second-order valence-electron chi connectivity index (χ2n) is 10.6. The van der Waals surface area contributed by atoms with Crippen LogP contribution in [0.3, 0.4) is 0 Å². The standard InChI is InChI=1S/C33H35FN4O4/c1-3-7-30-28(18-23-11-10-22(19-29(23)34)27-9-6-5-8-24(27)20-35)33(40)37(31-16-17-36-38(30)31)25-12-14-26(15-13-25)42-21-32(39)41-4-2/h5-6,8-11,16-17,19,25-26H,3-4,7,12-15,18,21H2,1-2H3. The number of carbonyl (C=O) groups is 1. The molecule has 2 heterocycles. The second-order valence-corrected chi connectivity index (χ2v) is 10.6. The molecule has 0 bridgehead atoms. The maximum absolute atomic E-state index is 15.6. The highest BCUT2D eigenvalue weighted by Crippen LogP contribution is 2.32. The number of aromatic nitrogens is 3. The van der Waals surface area contributed by atoms with E-state index in [0.717, 1.165) is 17.8 Å². The van der Waals surface area contributed by atoms with Gasteiger partial charge in [-0.05, 0) is 67.9 Å². The van der Waals surface area contributed by atoms with E-state index in [9.17, 15) is 14.9 Å². The Morgan fingerprint density at radius 3 is 2.62 bits per heavy atom. The largest absolute Gasteiger partial charge is 0.464 e. The van der Waals surface area contributed by atoms with Crippen LogP contribution in [0, 0.1) is 17.1 Å². The normalized spacial score (nSPS) is 16.8. The van der Waals surface area contributed by atoms with Crippen molar-refractivity contribution in [1.29, 1.82) is 5.26 Å². The first kappa shape index (κ1) is 29.2. The summed E-state index contributed by atoms with van der Waals surface area (Å²) in [7, 11) is 0. The van der Waals surface area contributed by atoms with Crippen LogP contribution in [0.2, 0.25) is 0 Å². The van der Waals surface area contributed by atoms with Gasteiger partial charge in [-0.2, -0.15) is 10.4 Å². The lowest BCUT2D eigenvalue weighted by Gasteiger charge is -2.31. The molecule has 5 rings (SSSR count). The average molecular weight is 571 g/mol. The van der Waals surface area contributed by atoms with E-state index in [4.69, 9.17) is 9.47 Å². The van der Waals surface area contributed by atoms with Gasteiger partial charge < -0.3 is 9.47 Å². The van der Waals surface area contributed by atoms with Crippen molar-refractivity contribution in [3.8, 4) is 17.2 Å². The fourth-order valence-electron chi connectivity index (χ4n) is 5.95. The third kappa shape index (κ3) is 6.00. The highest BCUT2D eigenvalue weighted by Gasteiger charge is 2.28. The summed E-state index contributed by atoms with van der Waals surface area (Å²) >= 11 is 0. The molecule has 1 aliphatic carbocycles. The molecule has 0 radical (unpaired) electrons. The lowest BCUT2D eigenvalue weighted by molar-refractivity contribution is -0.151. The molecular weight excluding hydrogens is 535 g/mol. The number of hydrogen-bond acceptors (Lipinski definition) is 6. The van der Waals surface area contributed by atoms with E-state index in [-0.39, 0.29) is 36.7 Å². The van der Waals surface area contributed by atoms with Crippen LogP contribution in [0.4, 0.5) is 4.39 Å². The number of hydrogen-bond donors (Lipinski definition) is 0. The Bertz CT molecular complexity index is 1680. The van der Waals surface area contributed by atoms with E-state index in [1.807, 2.05) is 28.1 Å². The summed E-state index contributed by atoms with van der Waals surface area (Å²) < 4.78 is 30.0. The third-order valence-electron chi connectivity index (χ3n) is 7.97. The van der Waals surface area contributed by atoms with E-state index in [0.29, 0.717) is 66.5 Å². The minimum Gasteiger partial charge on any atom is -0.464 e. The number of aryl methyl sites for hydroxylation is 1. The zero-order valence-electron chi connectivity index (χ0n) is 24.0. The van der Waals surface area contributed by atoms with Crippen LogP contribution in [0.5, 0.6) is 0 Å². The van der Waals surface area contributed by atoms with Crippen molar-refractivity contribution in [3.63, 3.8) is 0 Å². The van der Waals surface area contributed by atoms with E-state index in [2.05, 4.69) is 11.2 Å². The van der Waals surface area contributed by atoms with Crippen molar-refractivity contribution in [2.75, 3.05) is 13.2 Å². The van der Waals surface area contributed by atoms with Crippen LogP contribution >= 0.6 is 0 Å². The highest BCUT2D eigenvalue weighted by atomic mass is 19.1. The molecule has 4 aromatic rings. The minimum atomic E-state index is -0.423. The number of ether oxygens (including phenoxy) is 2. The molecule has 0 atom stereocenters. The summed E-state index contributed by atoms with van der Waals surface area (Å²) in [6.07, 6.45) is 6.04. The molecule has 2 aromatic heterocycles. The zero-order chi connectivity index (χ0) is 29.6. The van der Waals surface area contributed by atoms with Gasteiger partial charge in [0.2, 0.25) is 0 Å². The van der Waals surface area contributed by atoms with Gasteiger partial charge in [0.25, 0.3) is 5.56 Å². The molecule has 0 saturated heterocycles. The molecule has 0 unspecified atom stereocenters. The van der Waals surface area contributed by atoms with Gasteiger partial charge >= 0.3 is 5.97 Å². The van der Waals surface area contributed by atoms with Crippen molar-refractivity contribution in [2.45, 2.75) is 70.9 Å². The first-order valence-corrected chi connectivity index (χ1v) is 14.6. The third-order valence-corrected chi connectivity index (χ3v) is 7.97. The van der Waals surface area contributed by atoms with E-state index >= 15 is 4.39 Å². The van der Waals surface area contributed by atoms with E-state index in [1.54, 1.807) is 43.5 Å². The maximum Gasteiger partial charge on any atom is 0.332 e. The number of fused-ring (bicyclic) bond motifs is 1. The Balaban J connectivity index is 1.46. The number of rotatable bonds is 10. The number of carbonyl (C=O) groups excluding carboxylic acids is 1. The zero-order valence-corrected chi connectivity index (χ0v) is 24.0. The smallest absolute Gasteiger partial charge is 0.332 e. The molecule has 1 aliphatic rings. The summed E-state index contributed by atoms with van der Waals surface area (Å²) in [5, 5.41) is 14.0. The van der Waals surface area contributed by atoms with Gasteiger partial charge in [-0.25, -0.2) is 13.7 Å². The van der Waals surface area contributed by atoms with E-state index < -0.39 is 5.82 Å². The average Bonchev–Trinajstić information content (AvgIpc) is 3.49. The van der Waals surface area contributed by atoms with Crippen molar-refractivity contribution in [3.05, 3.63) is 93.3 Å². The fourth-order valence-corrected chi connectivity index (χ4v) is 5.95. The lowest BCUT2D eigenvalue weighted by atomic mass is 9.92. The van der Waals surface area contributed by atoms with Crippen molar-refractivity contribution in [1.82, 2.24) is 14.2 Å². The number of halogens is 1. The summed E-state index contributed by atoms with van der Waals surface area (Å²) in [6, 6.07) is 16.0. The predicted molar refractivity (Wildman–Crippen MR) is 157 cm³/mol. The van der Waals surface area contributed by atoms with Crippen molar-refractivity contribution in [2.24, 2.45) is 0 Å². The molecule has 2 aromatic carbocycles. The molecule has 0 spiro atoms. The SMILES string of the molecule is CCCc1c(Cc2ccc(-c3ccccc3C#N)cc2F)c(=O)n(C2CCC(OCC(=O)OCC)CC2)c2ccnn12. The van der Waals surface area contributed by atoms with Crippen LogP contribution < -0.4 is 5.56 Å². The Hall–Kier alpha value is -4.29. The fraction of sp³-hybridized carbons (Fsp3) is 0.394. The molecule has 0 aliphatic heterocycles. The van der Waals surface area contributed by atoms with Gasteiger partial charge in [0.15, 0.2) is 0 Å². The van der Waals surface area contributed by atoms with Gasteiger partial charge in [-0.3, -0.25) is 9.36 Å². The van der Waals surface area contributed by atoms with Gasteiger partial charge in [0, 0.05) is 24.1 Å². The molecule has 1 saturated carbocycles. The molecular formula is C33H35FN4O4. The van der Waals surface area contributed by atoms with Gasteiger partial charge in [-0.15, -0.1) is 0 Å². The number of benzene rings is 2. The van der Waals surface area contributed by atoms with Crippen LogP contribution in [0.25, 0.3) is 16.8 Å². The summed E-state index contributed by atoms with van der Waals surface area (Å²) in [5.74, 6) is -0.795. The first-order chi connectivity index (χ1) is 20.4. The summed E-state index contributed by atoms with van der Waals surface area (Å²) in [6.45, 7) is 4.05. The maximum atomic E-state index is 15.6. The summed E-state index contributed by atoms with van der Waals surface area (Å²) in [5.41, 5.74) is 4.11. The van der Waals surface area contributed by atoms with Crippen LogP contribution in [0.15, 0.2) is 59.5 Å². The molecule has 0 amide bonds. The Morgan fingerprint density at radius 1 is 1.12 bits per heavy atom. The molecule has 1 fully saturated rings. The molecule has 42 heavy (non-hydrogen) atoms. The lowest BCUT2D eigenvalue weighted by Crippen LogP contribution is -2.35. The first-order valence-electron chi connectivity index (χ1n) is 14.6. The molecule has 0 N–H and O–H groups in total. The molecule has 218 valence electrons. The summed E-state index contributed by atoms with van der Waals surface area (Å²) in [4.78, 5) is 25.9. The quantitative estimate of drug-likeness (QED) is 0.224. The molecule has 8 nitrogen and oxygen atoms in total. The van der Waals surface area contributed by atoms with Crippen molar-refractivity contribution < 1.29 is 18.7 Å². The monoisotopic (exact) mass is 570 g/mol. The molecule has 9 heteroatoms. The Kier molecular flexibility index (Phi) is 9.13.